The number of aromatic nitrogens is 1. The van der Waals surface area contributed by atoms with Crippen LogP contribution in [0.4, 0.5) is 5.82 Å². The molecule has 0 radical (unpaired) electrons. The van der Waals surface area contributed by atoms with E-state index in [0.29, 0.717) is 30.5 Å². The Labute approximate surface area is 96.3 Å². The molecule has 0 amide bonds. The van der Waals surface area contributed by atoms with Gasteiger partial charge in [0.05, 0.1) is 18.2 Å². The SMILES string of the molecule is CC(C)COCCNc1cc(C#N)ccn1. The minimum absolute atomic E-state index is 0.556. The highest BCUT2D eigenvalue weighted by atomic mass is 16.5. The van der Waals surface area contributed by atoms with Crippen LogP contribution in [-0.4, -0.2) is 24.7 Å². The lowest BCUT2D eigenvalue weighted by Gasteiger charge is -2.08. The summed E-state index contributed by atoms with van der Waals surface area (Å²) in [6, 6.07) is 5.48. The number of nitriles is 1. The van der Waals surface area contributed by atoms with Crippen LogP contribution in [0, 0.1) is 17.2 Å². The van der Waals surface area contributed by atoms with Gasteiger partial charge in [0.15, 0.2) is 0 Å². The van der Waals surface area contributed by atoms with Gasteiger partial charge in [-0.1, -0.05) is 13.8 Å². The molecule has 1 aromatic rings. The molecule has 0 atom stereocenters. The van der Waals surface area contributed by atoms with Crippen molar-refractivity contribution in [2.45, 2.75) is 13.8 Å². The number of nitrogens with one attached hydrogen (secondary N) is 1. The van der Waals surface area contributed by atoms with E-state index in [1.165, 1.54) is 0 Å². The van der Waals surface area contributed by atoms with Crippen molar-refractivity contribution >= 4 is 5.82 Å². The fraction of sp³-hybridized carbons (Fsp3) is 0.500. The summed E-state index contributed by atoms with van der Waals surface area (Å²) < 4.78 is 5.42. The summed E-state index contributed by atoms with van der Waals surface area (Å²) in [6.45, 7) is 6.36. The largest absolute Gasteiger partial charge is 0.379 e. The first-order valence-electron chi connectivity index (χ1n) is 5.40. The first-order chi connectivity index (χ1) is 7.72. The molecule has 1 N–H and O–H groups in total. The molecule has 0 saturated heterocycles. The van der Waals surface area contributed by atoms with Crippen LogP contribution in [0.1, 0.15) is 19.4 Å². The van der Waals surface area contributed by atoms with Gasteiger partial charge in [-0.3, -0.25) is 0 Å². The number of ether oxygens (including phenoxy) is 1. The van der Waals surface area contributed by atoms with Crippen LogP contribution in [-0.2, 0) is 4.74 Å². The maximum atomic E-state index is 8.70. The van der Waals surface area contributed by atoms with Gasteiger partial charge >= 0.3 is 0 Å². The molecule has 0 aliphatic rings. The van der Waals surface area contributed by atoms with E-state index in [4.69, 9.17) is 10.00 Å². The van der Waals surface area contributed by atoms with Crippen molar-refractivity contribution in [2.24, 2.45) is 5.92 Å². The Morgan fingerprint density at radius 1 is 1.56 bits per heavy atom. The Hall–Kier alpha value is -1.60. The maximum absolute atomic E-state index is 8.70. The summed E-state index contributed by atoms with van der Waals surface area (Å²) in [6.07, 6.45) is 1.62. The second-order valence-electron chi connectivity index (χ2n) is 3.94. The van der Waals surface area contributed by atoms with Crippen molar-refractivity contribution in [2.75, 3.05) is 25.1 Å². The summed E-state index contributed by atoms with van der Waals surface area (Å²) in [5, 5.41) is 11.8. The van der Waals surface area contributed by atoms with Crippen LogP contribution < -0.4 is 5.32 Å². The number of pyridine rings is 1. The third-order valence-electron chi connectivity index (χ3n) is 1.89. The zero-order valence-electron chi connectivity index (χ0n) is 9.73. The van der Waals surface area contributed by atoms with Gasteiger partial charge in [0, 0.05) is 19.3 Å². The third kappa shape index (κ3) is 4.76. The van der Waals surface area contributed by atoms with E-state index in [0.717, 1.165) is 6.61 Å². The van der Waals surface area contributed by atoms with E-state index in [2.05, 4.69) is 30.2 Å². The fourth-order valence-electron chi connectivity index (χ4n) is 1.17. The molecule has 0 aromatic carbocycles. The topological polar surface area (TPSA) is 57.9 Å². The number of rotatable bonds is 6. The zero-order chi connectivity index (χ0) is 11.8. The number of anilines is 1. The Morgan fingerprint density at radius 2 is 2.38 bits per heavy atom. The fourth-order valence-corrected chi connectivity index (χ4v) is 1.17. The Morgan fingerprint density at radius 3 is 3.06 bits per heavy atom. The number of nitrogens with zero attached hydrogens (tertiary/aromatic N) is 2. The summed E-state index contributed by atoms with van der Waals surface area (Å²) in [5.74, 6) is 1.27. The van der Waals surface area contributed by atoms with Crippen molar-refractivity contribution in [1.29, 1.82) is 5.26 Å². The molecule has 0 aliphatic carbocycles. The van der Waals surface area contributed by atoms with E-state index in [1.54, 1.807) is 18.3 Å². The van der Waals surface area contributed by atoms with Crippen LogP contribution in [0.5, 0.6) is 0 Å². The lowest BCUT2D eigenvalue weighted by atomic mass is 10.2. The minimum Gasteiger partial charge on any atom is -0.379 e. The number of hydrogen-bond donors (Lipinski definition) is 1. The van der Waals surface area contributed by atoms with Gasteiger partial charge in [-0.05, 0) is 18.1 Å². The Kier molecular flexibility index (Phi) is 5.30. The summed E-state index contributed by atoms with van der Waals surface area (Å²) in [4.78, 5) is 4.10. The average molecular weight is 219 g/mol. The molecule has 0 spiro atoms. The van der Waals surface area contributed by atoms with Gasteiger partial charge in [0.2, 0.25) is 0 Å². The van der Waals surface area contributed by atoms with E-state index >= 15 is 0 Å². The molecule has 4 nitrogen and oxygen atoms in total. The summed E-state index contributed by atoms with van der Waals surface area (Å²) >= 11 is 0. The molecule has 16 heavy (non-hydrogen) atoms. The van der Waals surface area contributed by atoms with Crippen molar-refractivity contribution in [1.82, 2.24) is 4.98 Å². The quantitative estimate of drug-likeness (QED) is 0.744. The molecule has 1 heterocycles. The molecule has 1 rings (SSSR count). The Bertz CT molecular complexity index is 358. The van der Waals surface area contributed by atoms with Crippen molar-refractivity contribution in [3.05, 3.63) is 23.9 Å². The first kappa shape index (κ1) is 12.5. The monoisotopic (exact) mass is 219 g/mol. The van der Waals surface area contributed by atoms with Crippen LogP contribution >= 0.6 is 0 Å². The smallest absolute Gasteiger partial charge is 0.127 e. The van der Waals surface area contributed by atoms with Crippen LogP contribution in [0.3, 0.4) is 0 Å². The second-order valence-corrected chi connectivity index (χ2v) is 3.94. The predicted octanol–water partition coefficient (Wildman–Crippen LogP) is 2.04. The minimum atomic E-state index is 0.556. The molecule has 0 aliphatic heterocycles. The first-order valence-corrected chi connectivity index (χ1v) is 5.40. The number of hydrogen-bond acceptors (Lipinski definition) is 4. The second kappa shape index (κ2) is 6.81. The van der Waals surface area contributed by atoms with E-state index in [9.17, 15) is 0 Å². The van der Waals surface area contributed by atoms with Gasteiger partial charge in [-0.2, -0.15) is 5.26 Å². The van der Waals surface area contributed by atoms with Gasteiger partial charge in [0.25, 0.3) is 0 Å². The van der Waals surface area contributed by atoms with Crippen LogP contribution in [0.25, 0.3) is 0 Å². The summed E-state index contributed by atoms with van der Waals surface area (Å²) in [5.41, 5.74) is 0.612. The molecule has 1 aromatic heterocycles. The molecule has 4 heteroatoms. The van der Waals surface area contributed by atoms with Gasteiger partial charge in [-0.15, -0.1) is 0 Å². The standard InChI is InChI=1S/C12H17N3O/c1-10(2)9-16-6-5-15-12-7-11(8-13)3-4-14-12/h3-4,7,10H,5-6,9H2,1-2H3,(H,14,15). The molecule has 0 unspecified atom stereocenters. The lowest BCUT2D eigenvalue weighted by molar-refractivity contribution is 0.118. The molecule has 0 saturated carbocycles. The van der Waals surface area contributed by atoms with Gasteiger partial charge < -0.3 is 10.1 Å². The zero-order valence-corrected chi connectivity index (χ0v) is 9.73. The predicted molar refractivity (Wildman–Crippen MR) is 63.1 cm³/mol. The van der Waals surface area contributed by atoms with Crippen LogP contribution in [0.15, 0.2) is 18.3 Å². The van der Waals surface area contributed by atoms with Gasteiger partial charge in [-0.25, -0.2) is 4.98 Å². The average Bonchev–Trinajstić information content (AvgIpc) is 2.28. The highest BCUT2D eigenvalue weighted by molar-refractivity contribution is 5.42. The normalized spacial score (nSPS) is 10.1. The highest BCUT2D eigenvalue weighted by Crippen LogP contribution is 2.04. The molecule has 86 valence electrons. The van der Waals surface area contributed by atoms with Crippen molar-refractivity contribution in [3.8, 4) is 6.07 Å². The van der Waals surface area contributed by atoms with Crippen LogP contribution in [0.2, 0.25) is 0 Å². The molecule has 0 fully saturated rings. The molecular formula is C12H17N3O. The maximum Gasteiger partial charge on any atom is 0.127 e. The molecule has 0 bridgehead atoms. The van der Waals surface area contributed by atoms with Crippen molar-refractivity contribution < 1.29 is 4.74 Å². The highest BCUT2D eigenvalue weighted by Gasteiger charge is 1.96. The third-order valence-corrected chi connectivity index (χ3v) is 1.89. The van der Waals surface area contributed by atoms with E-state index < -0.39 is 0 Å². The molecular weight excluding hydrogens is 202 g/mol. The summed E-state index contributed by atoms with van der Waals surface area (Å²) in [7, 11) is 0. The van der Waals surface area contributed by atoms with Gasteiger partial charge in [0.1, 0.15) is 5.82 Å². The van der Waals surface area contributed by atoms with E-state index in [-0.39, 0.29) is 0 Å². The van der Waals surface area contributed by atoms with E-state index in [1.807, 2.05) is 0 Å². The Balaban J connectivity index is 2.24. The van der Waals surface area contributed by atoms with Crippen molar-refractivity contribution in [3.63, 3.8) is 0 Å². The lowest BCUT2D eigenvalue weighted by Crippen LogP contribution is -2.12.